The Morgan fingerprint density at radius 1 is 0.571 bits per heavy atom. The largest absolute Gasteiger partial charge is 0.465 e. The second-order valence-electron chi connectivity index (χ2n) is 11.0. The minimum Gasteiger partial charge on any atom is -0.465 e. The molecule has 4 nitrogen and oxygen atoms in total. The Balaban J connectivity index is 2.06. The van der Waals surface area contributed by atoms with Crippen molar-refractivity contribution in [3.63, 3.8) is 0 Å². The normalized spacial score (nSPS) is 18.8. The zero-order valence-electron chi connectivity index (χ0n) is 23.6. The van der Waals surface area contributed by atoms with Gasteiger partial charge in [0.25, 0.3) is 0 Å². The zero-order chi connectivity index (χ0) is 25.6. The van der Waals surface area contributed by atoms with E-state index in [9.17, 15) is 9.59 Å². The number of carbonyl (C=O) groups excluding carboxylic acids is 2. The van der Waals surface area contributed by atoms with Crippen LogP contribution in [0.4, 0.5) is 0 Å². The number of esters is 2. The number of rotatable bonds is 22. The molecule has 0 aromatic heterocycles. The highest BCUT2D eigenvalue weighted by Crippen LogP contribution is 2.31. The van der Waals surface area contributed by atoms with Gasteiger partial charge < -0.3 is 9.47 Å². The van der Waals surface area contributed by atoms with Crippen molar-refractivity contribution < 1.29 is 19.1 Å². The first-order chi connectivity index (χ1) is 17.1. The summed E-state index contributed by atoms with van der Waals surface area (Å²) >= 11 is 0. The first-order valence-electron chi connectivity index (χ1n) is 15.5. The Hall–Kier alpha value is -1.06. The van der Waals surface area contributed by atoms with Gasteiger partial charge in [0.2, 0.25) is 0 Å². The first-order valence-corrected chi connectivity index (χ1v) is 15.5. The predicted octanol–water partition coefficient (Wildman–Crippen LogP) is 9.19. The number of carbonyl (C=O) groups is 2. The Labute approximate surface area is 217 Å². The second kappa shape index (κ2) is 22.2. The molecular weight excluding hydrogens is 436 g/mol. The van der Waals surface area contributed by atoms with E-state index in [1.807, 2.05) is 0 Å². The second-order valence-corrected chi connectivity index (χ2v) is 11.0. The van der Waals surface area contributed by atoms with Gasteiger partial charge in [0, 0.05) is 0 Å². The van der Waals surface area contributed by atoms with E-state index < -0.39 is 0 Å². The van der Waals surface area contributed by atoms with Crippen LogP contribution < -0.4 is 0 Å². The summed E-state index contributed by atoms with van der Waals surface area (Å²) in [4.78, 5) is 25.0. The summed E-state index contributed by atoms with van der Waals surface area (Å²) in [6.45, 7) is 7.80. The van der Waals surface area contributed by atoms with Crippen molar-refractivity contribution in [1.29, 1.82) is 0 Å². The highest BCUT2D eigenvalue weighted by molar-refractivity contribution is 5.75. The van der Waals surface area contributed by atoms with Gasteiger partial charge in [-0.05, 0) is 50.9 Å². The van der Waals surface area contributed by atoms with Crippen LogP contribution in [-0.4, -0.2) is 25.2 Å². The van der Waals surface area contributed by atoms with Crippen LogP contribution in [0.25, 0.3) is 0 Å². The third kappa shape index (κ3) is 16.3. The summed E-state index contributed by atoms with van der Waals surface area (Å²) in [6.07, 6.45) is 24.4. The van der Waals surface area contributed by atoms with Crippen LogP contribution in [0.3, 0.4) is 0 Å². The first kappa shape index (κ1) is 32.0. The third-order valence-electron chi connectivity index (χ3n) is 7.76. The lowest BCUT2D eigenvalue weighted by molar-refractivity contribution is -0.156. The molecule has 0 aromatic carbocycles. The summed E-state index contributed by atoms with van der Waals surface area (Å²) in [7, 11) is 0. The summed E-state index contributed by atoms with van der Waals surface area (Å²) in [5.41, 5.74) is 0. The Bertz CT molecular complexity index is 510. The molecule has 1 aliphatic rings. The van der Waals surface area contributed by atoms with Crippen LogP contribution in [-0.2, 0) is 19.1 Å². The van der Waals surface area contributed by atoms with Crippen molar-refractivity contribution in [3.05, 3.63) is 0 Å². The van der Waals surface area contributed by atoms with Crippen molar-refractivity contribution in [2.75, 3.05) is 13.2 Å². The summed E-state index contributed by atoms with van der Waals surface area (Å²) in [6, 6.07) is 0. The molecule has 1 unspecified atom stereocenters. The molecule has 1 fully saturated rings. The van der Waals surface area contributed by atoms with E-state index in [1.165, 1.54) is 77.0 Å². The fourth-order valence-electron chi connectivity index (χ4n) is 5.34. The Morgan fingerprint density at radius 2 is 1.03 bits per heavy atom. The monoisotopic (exact) mass is 494 g/mol. The maximum absolute atomic E-state index is 12.6. The van der Waals surface area contributed by atoms with Gasteiger partial charge in [-0.25, -0.2) is 0 Å². The summed E-state index contributed by atoms with van der Waals surface area (Å²) in [5, 5.41) is 0. The zero-order valence-corrected chi connectivity index (χ0v) is 23.6. The molecule has 1 atom stereocenters. The average molecular weight is 495 g/mol. The fourth-order valence-corrected chi connectivity index (χ4v) is 5.34. The van der Waals surface area contributed by atoms with Gasteiger partial charge in [-0.1, -0.05) is 111 Å². The van der Waals surface area contributed by atoms with E-state index in [2.05, 4.69) is 20.8 Å². The number of hydrogen-bond acceptors (Lipinski definition) is 4. The number of ether oxygens (including phenoxy) is 2. The van der Waals surface area contributed by atoms with Crippen molar-refractivity contribution in [2.24, 2.45) is 17.8 Å². The Morgan fingerprint density at radius 3 is 1.54 bits per heavy atom. The lowest BCUT2D eigenvalue weighted by Gasteiger charge is -2.26. The van der Waals surface area contributed by atoms with Gasteiger partial charge in [0.15, 0.2) is 0 Å². The van der Waals surface area contributed by atoms with E-state index in [0.29, 0.717) is 19.1 Å². The summed E-state index contributed by atoms with van der Waals surface area (Å²) < 4.78 is 11.3. The molecule has 1 saturated carbocycles. The van der Waals surface area contributed by atoms with Crippen LogP contribution in [0.1, 0.15) is 156 Å². The third-order valence-corrected chi connectivity index (χ3v) is 7.76. The van der Waals surface area contributed by atoms with Crippen molar-refractivity contribution >= 4 is 11.9 Å². The maximum atomic E-state index is 12.6. The quantitative estimate of drug-likeness (QED) is 0.111. The van der Waals surface area contributed by atoms with Crippen LogP contribution in [0, 0.1) is 17.8 Å². The van der Waals surface area contributed by atoms with Gasteiger partial charge in [-0.2, -0.15) is 0 Å². The molecule has 0 aromatic rings. The molecule has 0 heterocycles. The topological polar surface area (TPSA) is 52.6 Å². The maximum Gasteiger partial charge on any atom is 0.308 e. The van der Waals surface area contributed by atoms with Gasteiger partial charge in [0.05, 0.1) is 25.0 Å². The van der Waals surface area contributed by atoms with Gasteiger partial charge in [-0.3, -0.25) is 9.59 Å². The van der Waals surface area contributed by atoms with Crippen LogP contribution in [0.5, 0.6) is 0 Å². The molecule has 0 N–H and O–H groups in total. The SMILES string of the molecule is CCCCCCCCCCCCCOC(=O)C1CCC(C(=O)OCC(CCC)CCCCC)CC1. The van der Waals surface area contributed by atoms with Gasteiger partial charge in [-0.15, -0.1) is 0 Å². The molecule has 0 amide bonds. The molecule has 1 rings (SSSR count). The Kier molecular flexibility index (Phi) is 20.2. The van der Waals surface area contributed by atoms with E-state index in [1.54, 1.807) is 0 Å². The molecule has 4 heteroatoms. The standard InChI is InChI=1S/C31H58O4/c1-4-7-9-10-11-12-13-14-15-16-18-25-34-30(32)28-21-23-29(24-22-28)31(33)35-26-27(19-6-3)20-17-8-5-2/h27-29H,4-26H2,1-3H3. The highest BCUT2D eigenvalue weighted by atomic mass is 16.5. The molecule has 0 bridgehead atoms. The van der Waals surface area contributed by atoms with Crippen LogP contribution in [0.15, 0.2) is 0 Å². The van der Waals surface area contributed by atoms with E-state index in [-0.39, 0.29) is 23.8 Å². The molecule has 0 saturated heterocycles. The van der Waals surface area contributed by atoms with Crippen LogP contribution in [0.2, 0.25) is 0 Å². The van der Waals surface area contributed by atoms with Crippen molar-refractivity contribution in [2.45, 2.75) is 156 Å². The lowest BCUT2D eigenvalue weighted by atomic mass is 9.82. The van der Waals surface area contributed by atoms with E-state index in [0.717, 1.165) is 57.8 Å². The molecule has 0 aliphatic heterocycles. The van der Waals surface area contributed by atoms with Crippen LogP contribution >= 0.6 is 0 Å². The van der Waals surface area contributed by atoms with E-state index in [4.69, 9.17) is 9.47 Å². The summed E-state index contributed by atoms with van der Waals surface area (Å²) in [5.74, 6) is 0.326. The molecular formula is C31H58O4. The minimum absolute atomic E-state index is 0.0337. The fraction of sp³-hybridized carbons (Fsp3) is 0.935. The number of hydrogen-bond donors (Lipinski definition) is 0. The van der Waals surface area contributed by atoms with Gasteiger partial charge >= 0.3 is 11.9 Å². The lowest BCUT2D eigenvalue weighted by Crippen LogP contribution is -2.29. The number of unbranched alkanes of at least 4 members (excludes halogenated alkanes) is 12. The average Bonchev–Trinajstić information content (AvgIpc) is 2.87. The highest BCUT2D eigenvalue weighted by Gasteiger charge is 2.31. The molecule has 0 spiro atoms. The van der Waals surface area contributed by atoms with Crippen molar-refractivity contribution in [1.82, 2.24) is 0 Å². The minimum atomic E-state index is -0.0529. The van der Waals surface area contributed by atoms with Crippen molar-refractivity contribution in [3.8, 4) is 0 Å². The smallest absolute Gasteiger partial charge is 0.308 e. The molecule has 0 radical (unpaired) electrons. The molecule has 1 aliphatic carbocycles. The predicted molar refractivity (Wildman–Crippen MR) is 146 cm³/mol. The van der Waals surface area contributed by atoms with Gasteiger partial charge in [0.1, 0.15) is 0 Å². The molecule has 206 valence electrons. The molecule has 35 heavy (non-hydrogen) atoms. The van der Waals surface area contributed by atoms with E-state index >= 15 is 0 Å².